The molecule has 2 atom stereocenters. The normalized spacial score (nSPS) is 21.3. The van der Waals surface area contributed by atoms with E-state index in [0.717, 1.165) is 6.42 Å². The summed E-state index contributed by atoms with van der Waals surface area (Å²) in [7, 11) is -2.01. The van der Waals surface area contributed by atoms with Crippen LogP contribution < -0.4 is 10.1 Å². The van der Waals surface area contributed by atoms with Crippen LogP contribution in [0, 0.1) is 11.8 Å². The number of piperidine rings is 1. The number of nitrogens with one attached hydrogen (secondary N) is 1. The van der Waals surface area contributed by atoms with E-state index in [9.17, 15) is 13.2 Å². The Bertz CT molecular complexity index is 690. The highest BCUT2D eigenvalue weighted by Crippen LogP contribution is 2.32. The van der Waals surface area contributed by atoms with Gasteiger partial charge in [0.2, 0.25) is 15.9 Å². The number of carbonyl (C=O) groups excluding carboxylic acids is 1. The van der Waals surface area contributed by atoms with Crippen LogP contribution >= 0.6 is 0 Å². The smallest absolute Gasteiger partial charge is 0.243 e. The van der Waals surface area contributed by atoms with Gasteiger partial charge in [0.1, 0.15) is 5.75 Å². The fourth-order valence-electron chi connectivity index (χ4n) is 3.40. The van der Waals surface area contributed by atoms with E-state index in [4.69, 9.17) is 9.84 Å². The van der Waals surface area contributed by atoms with Crippen molar-refractivity contribution < 1.29 is 23.1 Å². The summed E-state index contributed by atoms with van der Waals surface area (Å²) in [6.45, 7) is 3.01. The van der Waals surface area contributed by atoms with Crippen LogP contribution in [-0.4, -0.2) is 57.1 Å². The van der Waals surface area contributed by atoms with Gasteiger partial charge in [0.25, 0.3) is 0 Å². The van der Waals surface area contributed by atoms with Gasteiger partial charge in [-0.2, -0.15) is 4.31 Å². The van der Waals surface area contributed by atoms with Crippen molar-refractivity contribution in [1.29, 1.82) is 0 Å². The second-order valence-corrected chi connectivity index (χ2v) is 8.47. The second kappa shape index (κ2) is 9.34. The van der Waals surface area contributed by atoms with E-state index in [1.807, 2.05) is 6.92 Å². The number of hydrogen-bond acceptors (Lipinski definition) is 5. The molecule has 0 saturated carbocycles. The lowest BCUT2D eigenvalue weighted by Gasteiger charge is -2.37. The topological polar surface area (TPSA) is 95.9 Å². The van der Waals surface area contributed by atoms with Crippen LogP contribution in [0.15, 0.2) is 29.2 Å². The molecule has 1 aromatic rings. The zero-order valence-electron chi connectivity index (χ0n) is 15.3. The highest BCUT2D eigenvalue weighted by atomic mass is 32.2. The number of sulfonamides is 1. The molecule has 1 amide bonds. The van der Waals surface area contributed by atoms with Crippen molar-refractivity contribution in [2.24, 2.45) is 11.8 Å². The lowest BCUT2D eigenvalue weighted by molar-refractivity contribution is -0.122. The van der Waals surface area contributed by atoms with Crippen molar-refractivity contribution >= 4 is 15.9 Å². The maximum absolute atomic E-state index is 12.9. The van der Waals surface area contributed by atoms with Crippen LogP contribution in [0.3, 0.4) is 0 Å². The summed E-state index contributed by atoms with van der Waals surface area (Å²) in [5, 5.41) is 11.5. The van der Waals surface area contributed by atoms with Crippen molar-refractivity contribution in [1.82, 2.24) is 9.62 Å². The Kier molecular flexibility index (Phi) is 7.43. The molecule has 0 bridgehead atoms. The number of hydrogen-bond donors (Lipinski definition) is 2. The summed E-state index contributed by atoms with van der Waals surface area (Å²) < 4.78 is 32.4. The average molecular weight is 384 g/mol. The predicted molar refractivity (Wildman–Crippen MR) is 98.4 cm³/mol. The zero-order valence-corrected chi connectivity index (χ0v) is 16.2. The predicted octanol–water partition coefficient (Wildman–Crippen LogP) is 1.23. The maximum Gasteiger partial charge on any atom is 0.243 e. The van der Waals surface area contributed by atoms with Gasteiger partial charge in [0.15, 0.2) is 0 Å². The number of benzene rings is 1. The summed E-state index contributed by atoms with van der Waals surface area (Å²) in [4.78, 5) is 12.2. The highest BCUT2D eigenvalue weighted by molar-refractivity contribution is 7.89. The molecule has 8 heteroatoms. The largest absolute Gasteiger partial charge is 0.497 e. The second-order valence-electron chi connectivity index (χ2n) is 6.53. The number of aliphatic hydroxyl groups excluding tert-OH is 1. The minimum Gasteiger partial charge on any atom is -0.497 e. The van der Waals surface area contributed by atoms with E-state index in [2.05, 4.69) is 5.32 Å². The number of nitrogens with zero attached hydrogens (tertiary/aromatic N) is 1. The summed E-state index contributed by atoms with van der Waals surface area (Å²) in [5.41, 5.74) is 0. The van der Waals surface area contributed by atoms with Crippen LogP contribution in [-0.2, 0) is 14.8 Å². The Balaban J connectivity index is 2.05. The number of aliphatic hydroxyl groups is 1. The monoisotopic (exact) mass is 384 g/mol. The Labute approximate surface area is 155 Å². The Morgan fingerprint density at radius 3 is 2.58 bits per heavy atom. The Morgan fingerprint density at radius 1 is 1.31 bits per heavy atom. The number of ether oxygens (including phenoxy) is 1. The molecule has 146 valence electrons. The standard InChI is InChI=1S/C18H28N2O5S/c1-3-14-13-20(10-8-15(14)12-18(22)19-9-11-21)26(23,24)17-6-4-16(25-2)5-7-17/h4-7,14-15,21H,3,8-13H2,1-2H3,(H,19,22)/t14-,15-/m0/s1. The summed E-state index contributed by atoms with van der Waals surface area (Å²) in [6.07, 6.45) is 1.84. The molecule has 2 N–H and O–H groups in total. The van der Waals surface area contributed by atoms with Gasteiger partial charge in [-0.05, 0) is 42.5 Å². The summed E-state index contributed by atoms with van der Waals surface area (Å²) in [6, 6.07) is 6.40. The third kappa shape index (κ3) is 4.96. The highest BCUT2D eigenvalue weighted by Gasteiger charge is 2.35. The van der Waals surface area contributed by atoms with Gasteiger partial charge in [0.05, 0.1) is 18.6 Å². The molecule has 2 rings (SSSR count). The van der Waals surface area contributed by atoms with Gasteiger partial charge in [-0.15, -0.1) is 0 Å². The van der Waals surface area contributed by atoms with E-state index in [-0.39, 0.29) is 35.8 Å². The van der Waals surface area contributed by atoms with E-state index in [0.29, 0.717) is 31.7 Å². The van der Waals surface area contributed by atoms with Crippen molar-refractivity contribution in [3.8, 4) is 5.75 Å². The molecule has 0 aromatic heterocycles. The third-order valence-corrected chi connectivity index (χ3v) is 6.84. The van der Waals surface area contributed by atoms with Gasteiger partial charge in [0, 0.05) is 26.1 Å². The van der Waals surface area contributed by atoms with Crippen molar-refractivity contribution in [3.05, 3.63) is 24.3 Å². The summed E-state index contributed by atoms with van der Waals surface area (Å²) >= 11 is 0. The first-order valence-corrected chi connectivity index (χ1v) is 10.4. The molecule has 1 saturated heterocycles. The fourth-order valence-corrected chi connectivity index (χ4v) is 4.91. The molecule has 7 nitrogen and oxygen atoms in total. The van der Waals surface area contributed by atoms with Gasteiger partial charge in [-0.25, -0.2) is 8.42 Å². The minimum atomic E-state index is -3.55. The first-order chi connectivity index (χ1) is 12.4. The van der Waals surface area contributed by atoms with E-state index >= 15 is 0 Å². The molecule has 1 aromatic carbocycles. The molecular formula is C18H28N2O5S. The van der Waals surface area contributed by atoms with Crippen molar-refractivity contribution in [2.45, 2.75) is 31.1 Å². The van der Waals surface area contributed by atoms with E-state index < -0.39 is 10.0 Å². The number of carbonyl (C=O) groups is 1. The van der Waals surface area contributed by atoms with Gasteiger partial charge < -0.3 is 15.2 Å². The first kappa shape index (κ1) is 20.7. The number of amides is 1. The molecule has 0 aliphatic carbocycles. The average Bonchev–Trinajstić information content (AvgIpc) is 2.66. The molecule has 26 heavy (non-hydrogen) atoms. The van der Waals surface area contributed by atoms with Crippen molar-refractivity contribution in [2.75, 3.05) is 33.4 Å². The lowest BCUT2D eigenvalue weighted by atomic mass is 9.82. The number of rotatable bonds is 8. The minimum absolute atomic E-state index is 0.0818. The van der Waals surface area contributed by atoms with Crippen LogP contribution in [0.4, 0.5) is 0 Å². The molecule has 0 radical (unpaired) electrons. The number of methoxy groups -OCH3 is 1. The maximum atomic E-state index is 12.9. The zero-order chi connectivity index (χ0) is 19.2. The van der Waals surface area contributed by atoms with Crippen LogP contribution in [0.5, 0.6) is 5.75 Å². The third-order valence-electron chi connectivity index (χ3n) is 4.96. The quantitative estimate of drug-likeness (QED) is 0.703. The van der Waals surface area contributed by atoms with E-state index in [1.165, 1.54) is 11.4 Å². The molecule has 0 spiro atoms. The van der Waals surface area contributed by atoms with Crippen LogP contribution in [0.25, 0.3) is 0 Å². The Hall–Kier alpha value is -1.64. The Morgan fingerprint density at radius 2 is 2.00 bits per heavy atom. The van der Waals surface area contributed by atoms with Crippen LogP contribution in [0.1, 0.15) is 26.2 Å². The fraction of sp³-hybridized carbons (Fsp3) is 0.611. The van der Waals surface area contributed by atoms with Gasteiger partial charge in [-0.3, -0.25) is 4.79 Å². The molecule has 1 heterocycles. The molecule has 0 unspecified atom stereocenters. The molecular weight excluding hydrogens is 356 g/mol. The summed E-state index contributed by atoms with van der Waals surface area (Å²) in [5.74, 6) is 0.814. The van der Waals surface area contributed by atoms with E-state index in [1.54, 1.807) is 24.3 Å². The SMILES string of the molecule is CC[C@H]1CN(S(=O)(=O)c2ccc(OC)cc2)CC[C@H]1CC(=O)NCCO. The van der Waals surface area contributed by atoms with Gasteiger partial charge >= 0.3 is 0 Å². The lowest BCUT2D eigenvalue weighted by Crippen LogP contribution is -2.44. The molecule has 1 aliphatic rings. The van der Waals surface area contributed by atoms with Gasteiger partial charge in [-0.1, -0.05) is 13.3 Å². The van der Waals surface area contributed by atoms with Crippen molar-refractivity contribution in [3.63, 3.8) is 0 Å². The molecule has 1 fully saturated rings. The first-order valence-electron chi connectivity index (χ1n) is 8.94. The van der Waals surface area contributed by atoms with Crippen LogP contribution in [0.2, 0.25) is 0 Å². The molecule has 1 aliphatic heterocycles.